The first-order valence-corrected chi connectivity index (χ1v) is 6.04. The number of nitrogens with one attached hydrogen (secondary N) is 1. The predicted octanol–water partition coefficient (Wildman–Crippen LogP) is -1.31. The zero-order valence-corrected chi connectivity index (χ0v) is 11.0. The van der Waals surface area contributed by atoms with Crippen molar-refractivity contribution in [2.45, 2.75) is 26.8 Å². The zero-order valence-electron chi connectivity index (χ0n) is 11.0. The lowest BCUT2D eigenvalue weighted by Gasteiger charge is -2.38. The lowest BCUT2D eigenvalue weighted by molar-refractivity contribution is -0.158. The standard InChI is InChI=1S/C11H20N4O3/c1-4-14-5-6-15(11(18)10(14)17)8(3)7(2)9(16)13-12/h7-8H,4-6,12H2,1-3H3,(H,13,16). The maximum Gasteiger partial charge on any atom is 0.312 e. The first-order chi connectivity index (χ1) is 8.43. The summed E-state index contributed by atoms with van der Waals surface area (Å²) in [6.07, 6.45) is 0. The Morgan fingerprint density at radius 3 is 2.44 bits per heavy atom. The molecule has 0 bridgehead atoms. The quantitative estimate of drug-likeness (QED) is 0.282. The van der Waals surface area contributed by atoms with Crippen molar-refractivity contribution in [3.8, 4) is 0 Å². The molecule has 0 aromatic carbocycles. The van der Waals surface area contributed by atoms with Crippen molar-refractivity contribution in [3.63, 3.8) is 0 Å². The number of piperazine rings is 1. The van der Waals surface area contributed by atoms with Crippen LogP contribution in [0, 0.1) is 5.92 Å². The third-order valence-electron chi connectivity index (χ3n) is 3.49. The largest absolute Gasteiger partial charge is 0.333 e. The minimum atomic E-state index is -0.549. The van der Waals surface area contributed by atoms with Gasteiger partial charge in [-0.15, -0.1) is 0 Å². The molecule has 102 valence electrons. The summed E-state index contributed by atoms with van der Waals surface area (Å²) in [5.41, 5.74) is 2.06. The number of nitrogens with zero attached hydrogens (tertiary/aromatic N) is 2. The highest BCUT2D eigenvalue weighted by Gasteiger charge is 2.37. The summed E-state index contributed by atoms with van der Waals surface area (Å²) in [5.74, 6) is 3.21. The summed E-state index contributed by atoms with van der Waals surface area (Å²) in [6.45, 7) is 6.72. The molecule has 0 aliphatic carbocycles. The molecule has 0 saturated carbocycles. The SMILES string of the molecule is CCN1CCN(C(C)C(C)C(=O)NN)C(=O)C1=O. The minimum Gasteiger partial charge on any atom is -0.333 e. The molecule has 1 heterocycles. The molecule has 3 N–H and O–H groups in total. The lowest BCUT2D eigenvalue weighted by atomic mass is 10.0. The Morgan fingerprint density at radius 2 is 1.94 bits per heavy atom. The topological polar surface area (TPSA) is 95.7 Å². The Bertz CT molecular complexity index is 358. The van der Waals surface area contributed by atoms with Gasteiger partial charge in [0.25, 0.3) is 0 Å². The Balaban J connectivity index is 2.76. The van der Waals surface area contributed by atoms with E-state index in [0.29, 0.717) is 19.6 Å². The van der Waals surface area contributed by atoms with Crippen LogP contribution in [0.4, 0.5) is 0 Å². The van der Waals surface area contributed by atoms with Gasteiger partial charge in [-0.2, -0.15) is 0 Å². The molecule has 2 atom stereocenters. The van der Waals surface area contributed by atoms with Crippen molar-refractivity contribution in [3.05, 3.63) is 0 Å². The van der Waals surface area contributed by atoms with E-state index in [1.807, 2.05) is 6.92 Å². The van der Waals surface area contributed by atoms with Crippen LogP contribution in [-0.2, 0) is 14.4 Å². The molecule has 1 saturated heterocycles. The van der Waals surface area contributed by atoms with Crippen molar-refractivity contribution >= 4 is 17.7 Å². The molecule has 7 nitrogen and oxygen atoms in total. The number of hydrazine groups is 1. The number of nitrogens with two attached hydrogens (primary N) is 1. The number of hydrogen-bond acceptors (Lipinski definition) is 4. The highest BCUT2D eigenvalue weighted by molar-refractivity contribution is 6.35. The molecule has 7 heteroatoms. The highest BCUT2D eigenvalue weighted by atomic mass is 16.2. The van der Waals surface area contributed by atoms with Crippen molar-refractivity contribution in [2.75, 3.05) is 19.6 Å². The number of carbonyl (C=O) groups excluding carboxylic acids is 3. The number of likely N-dealkylation sites (N-methyl/N-ethyl adjacent to an activating group) is 1. The van der Waals surface area contributed by atoms with Gasteiger partial charge in [-0.25, -0.2) is 5.84 Å². The van der Waals surface area contributed by atoms with Gasteiger partial charge in [0.05, 0.1) is 5.92 Å². The van der Waals surface area contributed by atoms with E-state index in [-0.39, 0.29) is 11.9 Å². The van der Waals surface area contributed by atoms with Gasteiger partial charge in [-0.05, 0) is 13.8 Å². The fourth-order valence-corrected chi connectivity index (χ4v) is 2.00. The Labute approximate surface area is 106 Å². The predicted molar refractivity (Wildman–Crippen MR) is 64.9 cm³/mol. The van der Waals surface area contributed by atoms with E-state index in [1.54, 1.807) is 13.8 Å². The summed E-state index contributed by atoms with van der Waals surface area (Å²) < 4.78 is 0. The van der Waals surface area contributed by atoms with Crippen molar-refractivity contribution in [1.82, 2.24) is 15.2 Å². The summed E-state index contributed by atoms with van der Waals surface area (Å²) in [4.78, 5) is 38.0. The van der Waals surface area contributed by atoms with E-state index < -0.39 is 17.7 Å². The van der Waals surface area contributed by atoms with Crippen molar-refractivity contribution in [1.29, 1.82) is 0 Å². The van der Waals surface area contributed by atoms with Gasteiger partial charge >= 0.3 is 11.8 Å². The van der Waals surface area contributed by atoms with Crippen LogP contribution in [0.3, 0.4) is 0 Å². The van der Waals surface area contributed by atoms with E-state index in [9.17, 15) is 14.4 Å². The molecular formula is C11H20N4O3. The van der Waals surface area contributed by atoms with Gasteiger partial charge in [0, 0.05) is 25.7 Å². The van der Waals surface area contributed by atoms with Crippen LogP contribution in [-0.4, -0.2) is 53.2 Å². The van der Waals surface area contributed by atoms with Crippen LogP contribution >= 0.6 is 0 Å². The first-order valence-electron chi connectivity index (χ1n) is 6.04. The molecule has 1 aliphatic rings. The summed E-state index contributed by atoms with van der Waals surface area (Å²) in [5, 5.41) is 0. The normalized spacial score (nSPS) is 19.8. The van der Waals surface area contributed by atoms with Crippen LogP contribution in [0.1, 0.15) is 20.8 Å². The second-order valence-electron chi connectivity index (χ2n) is 4.42. The highest BCUT2D eigenvalue weighted by Crippen LogP contribution is 2.15. The second-order valence-corrected chi connectivity index (χ2v) is 4.42. The summed E-state index contributed by atoms with van der Waals surface area (Å²) in [6, 6.07) is -0.357. The monoisotopic (exact) mass is 256 g/mol. The summed E-state index contributed by atoms with van der Waals surface area (Å²) >= 11 is 0. The van der Waals surface area contributed by atoms with E-state index in [4.69, 9.17) is 5.84 Å². The zero-order chi connectivity index (χ0) is 13.9. The van der Waals surface area contributed by atoms with Gasteiger partial charge in [0.2, 0.25) is 5.91 Å². The molecule has 1 fully saturated rings. The molecule has 0 aromatic heterocycles. The fraction of sp³-hybridized carbons (Fsp3) is 0.727. The maximum atomic E-state index is 11.9. The molecule has 0 radical (unpaired) electrons. The molecule has 0 aromatic rings. The van der Waals surface area contributed by atoms with Crippen LogP contribution in [0.15, 0.2) is 0 Å². The lowest BCUT2D eigenvalue weighted by Crippen LogP contribution is -2.59. The van der Waals surface area contributed by atoms with Crippen LogP contribution in [0.5, 0.6) is 0 Å². The third-order valence-corrected chi connectivity index (χ3v) is 3.49. The van der Waals surface area contributed by atoms with Gasteiger partial charge < -0.3 is 9.80 Å². The Morgan fingerprint density at radius 1 is 1.33 bits per heavy atom. The summed E-state index contributed by atoms with van der Waals surface area (Å²) in [7, 11) is 0. The second kappa shape index (κ2) is 5.81. The molecule has 1 rings (SSSR count). The maximum absolute atomic E-state index is 11.9. The van der Waals surface area contributed by atoms with Gasteiger partial charge in [0.1, 0.15) is 0 Å². The molecule has 18 heavy (non-hydrogen) atoms. The average Bonchev–Trinajstić information content (AvgIpc) is 2.39. The number of hydrogen-bond donors (Lipinski definition) is 2. The van der Waals surface area contributed by atoms with Crippen molar-refractivity contribution in [2.24, 2.45) is 11.8 Å². The number of carbonyl (C=O) groups is 3. The minimum absolute atomic E-state index is 0.347. The van der Waals surface area contributed by atoms with Crippen LogP contribution < -0.4 is 11.3 Å². The van der Waals surface area contributed by atoms with Crippen molar-refractivity contribution < 1.29 is 14.4 Å². The molecule has 2 unspecified atom stereocenters. The van der Waals surface area contributed by atoms with Gasteiger partial charge in [-0.3, -0.25) is 19.8 Å². The average molecular weight is 256 g/mol. The smallest absolute Gasteiger partial charge is 0.312 e. The third kappa shape index (κ3) is 2.61. The van der Waals surface area contributed by atoms with E-state index in [1.165, 1.54) is 9.80 Å². The molecule has 3 amide bonds. The van der Waals surface area contributed by atoms with Gasteiger partial charge in [-0.1, -0.05) is 6.92 Å². The molecule has 0 spiro atoms. The Kier molecular flexibility index (Phi) is 4.66. The first kappa shape index (κ1) is 14.4. The van der Waals surface area contributed by atoms with E-state index >= 15 is 0 Å². The number of amides is 3. The number of rotatable bonds is 4. The van der Waals surface area contributed by atoms with E-state index in [2.05, 4.69) is 5.43 Å². The van der Waals surface area contributed by atoms with Gasteiger partial charge in [0.15, 0.2) is 0 Å². The molecular weight excluding hydrogens is 236 g/mol. The van der Waals surface area contributed by atoms with Crippen LogP contribution in [0.2, 0.25) is 0 Å². The van der Waals surface area contributed by atoms with E-state index in [0.717, 1.165) is 0 Å². The van der Waals surface area contributed by atoms with Crippen LogP contribution in [0.25, 0.3) is 0 Å². The Hall–Kier alpha value is -1.63. The molecule has 1 aliphatic heterocycles. The fourth-order valence-electron chi connectivity index (χ4n) is 2.00.